The van der Waals surface area contributed by atoms with Gasteiger partial charge in [-0.25, -0.2) is 0 Å². The van der Waals surface area contributed by atoms with Crippen LogP contribution in [0.1, 0.15) is 16.7 Å². The number of aryl methyl sites for hydroxylation is 3. The highest BCUT2D eigenvalue weighted by Gasteiger charge is 2.30. The highest BCUT2D eigenvalue weighted by molar-refractivity contribution is 5.93. The van der Waals surface area contributed by atoms with Crippen molar-refractivity contribution < 1.29 is 19.4 Å². The fourth-order valence-electron chi connectivity index (χ4n) is 4.50. The molecule has 2 heterocycles. The highest BCUT2D eigenvalue weighted by atomic mass is 16.6. The molecule has 7 heteroatoms. The van der Waals surface area contributed by atoms with Crippen molar-refractivity contribution in [3.63, 3.8) is 0 Å². The Labute approximate surface area is 189 Å². The maximum atomic E-state index is 12.6. The number of carbonyl (C=O) groups excluding carboxylic acids is 1. The van der Waals surface area contributed by atoms with Gasteiger partial charge >= 0.3 is 0 Å². The fourth-order valence-corrected chi connectivity index (χ4v) is 4.50. The normalized spacial score (nSPS) is 20.1. The standard InChI is InChI=1S/C25H33N3O4/c1-17-12-18(2)25(19(3)13-17)26-24(30)15-28-10-8-27(9-11-28)14-20(29)23-16-31-21-6-4-5-7-22(21)32-23/h4-7,12-13,20,23,29H,8-11,14-16H2,1-3H3,(H,26,30). The fraction of sp³-hybridized carbons (Fsp3) is 0.480. The van der Waals surface area contributed by atoms with Gasteiger partial charge in [0.05, 0.1) is 6.54 Å². The van der Waals surface area contributed by atoms with Crippen LogP contribution in [0.2, 0.25) is 0 Å². The van der Waals surface area contributed by atoms with Crippen LogP contribution in [0.25, 0.3) is 0 Å². The summed E-state index contributed by atoms with van der Waals surface area (Å²) in [6, 6.07) is 11.7. The summed E-state index contributed by atoms with van der Waals surface area (Å²) >= 11 is 0. The number of ether oxygens (including phenoxy) is 2. The topological polar surface area (TPSA) is 74.3 Å². The molecule has 1 amide bonds. The number of fused-ring (bicyclic) bond motifs is 1. The van der Waals surface area contributed by atoms with Crippen LogP contribution in [-0.2, 0) is 4.79 Å². The first-order valence-electron chi connectivity index (χ1n) is 11.3. The Kier molecular flexibility index (Phi) is 6.98. The molecule has 0 aromatic heterocycles. The zero-order chi connectivity index (χ0) is 22.7. The Morgan fingerprint density at radius 2 is 1.69 bits per heavy atom. The quantitative estimate of drug-likeness (QED) is 0.720. The summed E-state index contributed by atoms with van der Waals surface area (Å²) < 4.78 is 11.7. The van der Waals surface area contributed by atoms with Gasteiger partial charge in [0.25, 0.3) is 0 Å². The number of rotatable bonds is 6. The molecule has 2 aliphatic rings. The molecule has 0 saturated carbocycles. The first-order valence-corrected chi connectivity index (χ1v) is 11.3. The van der Waals surface area contributed by atoms with Gasteiger partial charge in [-0.05, 0) is 44.0 Å². The van der Waals surface area contributed by atoms with Crippen LogP contribution in [0.4, 0.5) is 5.69 Å². The Morgan fingerprint density at radius 3 is 2.38 bits per heavy atom. The summed E-state index contributed by atoms with van der Waals surface area (Å²) in [5, 5.41) is 13.8. The number of β-amino-alcohol motifs (C(OH)–C–C–N with tert-alkyl or cyclic N) is 1. The lowest BCUT2D eigenvalue weighted by molar-refractivity contribution is -0.117. The van der Waals surface area contributed by atoms with E-state index in [0.29, 0.717) is 25.4 Å². The lowest BCUT2D eigenvalue weighted by Crippen LogP contribution is -2.53. The third-order valence-corrected chi connectivity index (χ3v) is 6.18. The minimum absolute atomic E-state index is 0.0138. The van der Waals surface area contributed by atoms with E-state index in [0.717, 1.165) is 48.7 Å². The van der Waals surface area contributed by atoms with E-state index in [9.17, 15) is 9.90 Å². The maximum Gasteiger partial charge on any atom is 0.238 e. The third-order valence-electron chi connectivity index (χ3n) is 6.18. The summed E-state index contributed by atoms with van der Waals surface area (Å²) in [4.78, 5) is 17.0. The molecule has 1 saturated heterocycles. The predicted octanol–water partition coefficient (Wildman–Crippen LogP) is 2.37. The van der Waals surface area contributed by atoms with Gasteiger partial charge in [-0.3, -0.25) is 14.6 Å². The van der Waals surface area contributed by atoms with Crippen molar-refractivity contribution >= 4 is 11.6 Å². The minimum Gasteiger partial charge on any atom is -0.486 e. The second-order valence-electron chi connectivity index (χ2n) is 8.88. The van der Waals surface area contributed by atoms with Crippen molar-refractivity contribution in [2.24, 2.45) is 0 Å². The van der Waals surface area contributed by atoms with E-state index in [4.69, 9.17) is 9.47 Å². The Hall–Kier alpha value is -2.61. The molecule has 1 fully saturated rings. The van der Waals surface area contributed by atoms with Crippen LogP contribution in [0, 0.1) is 20.8 Å². The number of hydrogen-bond acceptors (Lipinski definition) is 6. The van der Waals surface area contributed by atoms with E-state index in [-0.39, 0.29) is 12.0 Å². The third kappa shape index (κ3) is 5.41. The molecule has 32 heavy (non-hydrogen) atoms. The number of anilines is 1. The zero-order valence-electron chi connectivity index (χ0n) is 19.1. The predicted molar refractivity (Wildman–Crippen MR) is 125 cm³/mol. The van der Waals surface area contributed by atoms with E-state index < -0.39 is 6.10 Å². The van der Waals surface area contributed by atoms with E-state index in [2.05, 4.69) is 34.2 Å². The van der Waals surface area contributed by atoms with Gasteiger partial charge in [0, 0.05) is 38.4 Å². The second kappa shape index (κ2) is 9.90. The first kappa shape index (κ1) is 22.6. The number of benzene rings is 2. The van der Waals surface area contributed by atoms with Crippen molar-refractivity contribution in [3.05, 3.63) is 53.1 Å². The van der Waals surface area contributed by atoms with E-state index in [1.165, 1.54) is 5.56 Å². The lowest BCUT2D eigenvalue weighted by Gasteiger charge is -2.37. The molecule has 2 aliphatic heterocycles. The average molecular weight is 440 g/mol. The van der Waals surface area contributed by atoms with Gasteiger partial charge in [0.15, 0.2) is 17.6 Å². The van der Waals surface area contributed by atoms with Crippen LogP contribution >= 0.6 is 0 Å². The summed E-state index contributed by atoms with van der Waals surface area (Å²) in [7, 11) is 0. The van der Waals surface area contributed by atoms with Crippen LogP contribution in [0.15, 0.2) is 36.4 Å². The monoisotopic (exact) mass is 439 g/mol. The summed E-state index contributed by atoms with van der Waals surface area (Å²) in [5.74, 6) is 1.41. The number of aliphatic hydroxyl groups excluding tert-OH is 1. The van der Waals surface area contributed by atoms with Crippen molar-refractivity contribution in [1.29, 1.82) is 0 Å². The summed E-state index contributed by atoms with van der Waals surface area (Å²) in [6.07, 6.45) is -1.01. The highest BCUT2D eigenvalue weighted by Crippen LogP contribution is 2.31. The van der Waals surface area contributed by atoms with Crippen LogP contribution < -0.4 is 14.8 Å². The Balaban J connectivity index is 1.22. The largest absolute Gasteiger partial charge is 0.486 e. The van der Waals surface area contributed by atoms with Gasteiger partial charge in [-0.15, -0.1) is 0 Å². The minimum atomic E-state index is -0.634. The van der Waals surface area contributed by atoms with E-state index in [1.54, 1.807) is 0 Å². The number of piperazine rings is 1. The lowest BCUT2D eigenvalue weighted by atomic mass is 10.1. The van der Waals surface area contributed by atoms with Gasteiger partial charge in [0.1, 0.15) is 12.7 Å². The average Bonchev–Trinajstić information content (AvgIpc) is 2.77. The van der Waals surface area contributed by atoms with Crippen molar-refractivity contribution in [3.8, 4) is 11.5 Å². The smallest absolute Gasteiger partial charge is 0.238 e. The molecule has 0 bridgehead atoms. The molecule has 2 aromatic rings. The number of aliphatic hydroxyl groups is 1. The number of amides is 1. The van der Waals surface area contributed by atoms with Crippen LogP contribution in [0.5, 0.6) is 11.5 Å². The molecule has 0 spiro atoms. The number of para-hydroxylation sites is 2. The molecule has 0 radical (unpaired) electrons. The zero-order valence-corrected chi connectivity index (χ0v) is 19.1. The first-order chi connectivity index (χ1) is 15.4. The molecule has 2 N–H and O–H groups in total. The molecular formula is C25H33N3O4. The number of hydrogen-bond donors (Lipinski definition) is 2. The number of nitrogens with zero attached hydrogens (tertiary/aromatic N) is 2. The molecule has 4 rings (SSSR count). The second-order valence-corrected chi connectivity index (χ2v) is 8.88. The van der Waals surface area contributed by atoms with Gasteiger partial charge in [-0.2, -0.15) is 0 Å². The maximum absolute atomic E-state index is 12.6. The molecule has 2 aromatic carbocycles. The van der Waals surface area contributed by atoms with Gasteiger partial charge in [-0.1, -0.05) is 29.8 Å². The number of carbonyl (C=O) groups is 1. The van der Waals surface area contributed by atoms with Gasteiger partial charge in [0.2, 0.25) is 5.91 Å². The number of nitrogens with one attached hydrogen (secondary N) is 1. The van der Waals surface area contributed by atoms with Crippen LogP contribution in [0.3, 0.4) is 0 Å². The van der Waals surface area contributed by atoms with Gasteiger partial charge < -0.3 is 19.9 Å². The SMILES string of the molecule is Cc1cc(C)c(NC(=O)CN2CCN(CC(O)C3COc4ccccc4O3)CC2)c(C)c1. The van der Waals surface area contributed by atoms with E-state index >= 15 is 0 Å². The molecule has 172 valence electrons. The molecule has 0 aliphatic carbocycles. The Morgan fingerprint density at radius 1 is 1.06 bits per heavy atom. The molecule has 2 unspecified atom stereocenters. The van der Waals surface area contributed by atoms with Crippen molar-refractivity contribution in [2.75, 3.05) is 51.2 Å². The molecule has 2 atom stereocenters. The Bertz CT molecular complexity index is 933. The van der Waals surface area contributed by atoms with Crippen LogP contribution in [-0.4, -0.2) is 78.9 Å². The molecule has 7 nitrogen and oxygen atoms in total. The molecular weight excluding hydrogens is 406 g/mol. The summed E-state index contributed by atoms with van der Waals surface area (Å²) in [5.41, 5.74) is 4.29. The summed E-state index contributed by atoms with van der Waals surface area (Å²) in [6.45, 7) is 10.5. The van der Waals surface area contributed by atoms with E-state index in [1.807, 2.05) is 38.1 Å². The van der Waals surface area contributed by atoms with Crippen molar-refractivity contribution in [1.82, 2.24) is 9.80 Å². The van der Waals surface area contributed by atoms with Crippen molar-refractivity contribution in [2.45, 2.75) is 33.0 Å².